The summed E-state index contributed by atoms with van der Waals surface area (Å²) < 4.78 is 10.9. The molecule has 2 aliphatic rings. The van der Waals surface area contributed by atoms with Gasteiger partial charge in [0, 0.05) is 185 Å². The van der Waals surface area contributed by atoms with Crippen molar-refractivity contribution < 1.29 is 4.74 Å². The first-order chi connectivity index (χ1) is 56.0. The van der Waals surface area contributed by atoms with Gasteiger partial charge in [0.25, 0.3) is 0 Å². The van der Waals surface area contributed by atoms with Crippen molar-refractivity contribution in [2.24, 2.45) is 21.1 Å². The molecule has 2 aliphatic heterocycles. The number of morpholine rings is 1. The summed E-state index contributed by atoms with van der Waals surface area (Å²) in [6.07, 6.45) is 30.6. The maximum Gasteiger partial charge on any atom is 0.344 e. The van der Waals surface area contributed by atoms with Gasteiger partial charge in [-0.25, -0.2) is 44.7 Å². The zero-order valence-electron chi connectivity index (χ0n) is 69.3. The predicted molar refractivity (Wildman–Crippen MR) is 461 cm³/mol. The molecule has 0 bridgehead atoms. The topological polar surface area (TPSA) is 286 Å². The second kappa shape index (κ2) is 38.9. The molecule has 116 heavy (non-hydrogen) atoms. The van der Waals surface area contributed by atoms with Gasteiger partial charge in [0.15, 0.2) is 0 Å². The SMILES string of the molecule is CC(C)c1cc(-c2ccc3c(cnn3C)c2)ncn1.CC(C)c1ccnc(-c2cnc(=O)[nH]c2)c1.CC(C)c1ccnc(-c2cnc(N3CCN(C)CC3)nc2)c1.CC(C)c1ccnc(-c2cnc(N3CCOCC3)nc2)c1.CC(C)c1ccnc(-c2cnc3cnn(C)c3c2)c1.CC(C)c1cncc(-c2ccc3c(cnn3C)c2)n1. The molecule has 15 heterocycles. The van der Waals surface area contributed by atoms with E-state index in [2.05, 4.69) is 280 Å². The lowest BCUT2D eigenvalue weighted by Crippen LogP contribution is -2.45. The van der Waals surface area contributed by atoms with E-state index in [0.29, 0.717) is 35.5 Å². The quantitative estimate of drug-likeness (QED) is 0.106. The lowest BCUT2D eigenvalue weighted by Gasteiger charge is -2.32. The summed E-state index contributed by atoms with van der Waals surface area (Å²) in [6.45, 7) is 33.1. The van der Waals surface area contributed by atoms with Gasteiger partial charge in [0.1, 0.15) is 11.8 Å². The number of hydrogen-bond acceptors (Lipinski definition) is 22. The molecule has 13 aromatic heterocycles. The Balaban J connectivity index is 0.000000129. The minimum absolute atomic E-state index is 0.344. The lowest BCUT2D eigenvalue weighted by molar-refractivity contribution is 0.122. The number of piperazine rings is 1. The van der Waals surface area contributed by atoms with Crippen LogP contribution in [0.25, 0.3) is 100 Å². The molecule has 1 N–H and O–H groups in total. The summed E-state index contributed by atoms with van der Waals surface area (Å²) in [7, 11) is 7.96. The van der Waals surface area contributed by atoms with Crippen LogP contribution in [-0.2, 0) is 25.9 Å². The van der Waals surface area contributed by atoms with Crippen LogP contribution in [0.4, 0.5) is 11.9 Å². The fourth-order valence-electron chi connectivity index (χ4n) is 12.8. The number of ether oxygens (including phenoxy) is 1. The summed E-state index contributed by atoms with van der Waals surface area (Å²) in [6, 6.07) is 33.2. The van der Waals surface area contributed by atoms with Gasteiger partial charge < -0.3 is 24.4 Å². The summed E-state index contributed by atoms with van der Waals surface area (Å²) in [5.41, 5.74) is 22.5. The highest BCUT2D eigenvalue weighted by Crippen LogP contribution is 2.30. The summed E-state index contributed by atoms with van der Waals surface area (Å²) in [5.74, 6) is 4.30. The average molecular weight is 1550 g/mol. The molecule has 2 saturated heterocycles. The molecule has 17 rings (SSSR count). The number of H-pyrrole nitrogens is 1. The van der Waals surface area contributed by atoms with Crippen LogP contribution in [0.5, 0.6) is 0 Å². The van der Waals surface area contributed by atoms with Gasteiger partial charge in [0.2, 0.25) is 11.9 Å². The van der Waals surface area contributed by atoms with E-state index in [0.717, 1.165) is 176 Å². The monoisotopic (exact) mass is 1550 g/mol. The van der Waals surface area contributed by atoms with Crippen LogP contribution < -0.4 is 15.5 Å². The van der Waals surface area contributed by atoms with Crippen LogP contribution in [-0.4, -0.2) is 169 Å². The van der Waals surface area contributed by atoms with Crippen LogP contribution in [0.2, 0.25) is 0 Å². The standard InChI is InChI=1S/C17H23N5.C16H20N4O.3C15H16N4.C12H13N3O/c1-13(2)14-4-5-18-16(10-14)15-11-19-17(20-12-15)22-8-6-21(3)7-9-22;1-12(2)13-3-4-17-15(9-13)14-10-18-16(19-11-14)20-5-7-21-8-6-20;1-10(2)13-7-14(17-9-16-13)11-4-5-15-12(6-11)8-18-19(15)3;1-10(2)13-8-16-9-14(18-13)11-4-5-15-12(6-11)7-17-19(15)3;1-10(2)11-4-5-16-13(6-11)12-7-15-14(17-8-12)9-18-19(15)3;1-8(2)9-3-4-13-11(5-9)10-6-14-12(16)15-7-10/h4-5,10-13H,6-9H2,1-3H3;3-4,9-12H,5-8H2,1-2H3;3*4-10H,1-3H3;3-8H,1-2H3,(H,14,15,16). The summed E-state index contributed by atoms with van der Waals surface area (Å²) in [4.78, 5) is 81.4. The molecule has 0 saturated carbocycles. The zero-order valence-corrected chi connectivity index (χ0v) is 69.3. The Morgan fingerprint density at radius 1 is 0.345 bits per heavy atom. The van der Waals surface area contributed by atoms with Crippen molar-refractivity contribution in [3.63, 3.8) is 0 Å². The first-order valence-corrected chi connectivity index (χ1v) is 39.5. The number of pyridine rings is 5. The molecule has 26 nitrogen and oxygen atoms in total. The molecule has 2 fully saturated rings. The largest absolute Gasteiger partial charge is 0.378 e. The molecular weight excluding hydrogens is 1450 g/mol. The van der Waals surface area contributed by atoms with E-state index >= 15 is 0 Å². The number of aryl methyl sites for hydroxylation is 3. The Kier molecular flexibility index (Phi) is 27.8. The van der Waals surface area contributed by atoms with E-state index in [9.17, 15) is 4.79 Å². The zero-order chi connectivity index (χ0) is 81.9. The minimum atomic E-state index is -0.344. The molecule has 26 heteroatoms. The van der Waals surface area contributed by atoms with Crippen LogP contribution in [0.1, 0.15) is 152 Å². The number of nitrogens with zero attached hydrogens (tertiary/aromatic N) is 23. The number of benzene rings is 2. The molecule has 0 spiro atoms. The fourth-order valence-corrected chi connectivity index (χ4v) is 12.8. The Labute approximate surface area is 678 Å². The molecule has 0 radical (unpaired) electrons. The maximum atomic E-state index is 10.8. The summed E-state index contributed by atoms with van der Waals surface area (Å²) in [5, 5.41) is 15.0. The number of aromatic nitrogens is 21. The number of anilines is 2. The third-order valence-corrected chi connectivity index (χ3v) is 20.2. The third kappa shape index (κ3) is 21.6. The van der Waals surface area contributed by atoms with Gasteiger partial charge in [-0.2, -0.15) is 15.3 Å². The van der Waals surface area contributed by atoms with Crippen molar-refractivity contribution in [2.45, 2.75) is 119 Å². The lowest BCUT2D eigenvalue weighted by atomic mass is 10.0. The van der Waals surface area contributed by atoms with Crippen molar-refractivity contribution >= 4 is 44.7 Å². The van der Waals surface area contributed by atoms with Crippen LogP contribution in [0, 0.1) is 0 Å². The molecule has 0 atom stereocenters. The van der Waals surface area contributed by atoms with Gasteiger partial charge >= 0.3 is 5.69 Å². The molecule has 0 aliphatic carbocycles. The summed E-state index contributed by atoms with van der Waals surface area (Å²) >= 11 is 0. The van der Waals surface area contributed by atoms with Gasteiger partial charge in [-0.1, -0.05) is 95.2 Å². The first-order valence-electron chi connectivity index (χ1n) is 39.5. The predicted octanol–water partition coefficient (Wildman–Crippen LogP) is 16.3. The number of fused-ring (bicyclic) bond motifs is 3. The molecule has 0 unspecified atom stereocenters. The second-order valence-corrected chi connectivity index (χ2v) is 30.7. The number of hydrogen-bond donors (Lipinski definition) is 1. The maximum absolute atomic E-state index is 10.8. The van der Waals surface area contributed by atoms with Crippen molar-refractivity contribution in [3.05, 3.63) is 247 Å². The number of likely N-dealkylation sites (N-methyl/N-ethyl adjacent to an activating group) is 1. The number of aromatic amines is 1. The third-order valence-electron chi connectivity index (χ3n) is 20.2. The Hall–Kier alpha value is -12.7. The van der Waals surface area contributed by atoms with Crippen molar-refractivity contribution in [3.8, 4) is 67.5 Å². The Bertz CT molecular complexity index is 5610. The highest BCUT2D eigenvalue weighted by molar-refractivity contribution is 5.85. The molecule has 0 amide bonds. The van der Waals surface area contributed by atoms with Crippen molar-refractivity contribution in [1.82, 2.24) is 109 Å². The number of nitrogens with one attached hydrogen (secondary N) is 1. The van der Waals surface area contributed by atoms with Crippen molar-refractivity contribution in [2.75, 3.05) is 69.3 Å². The van der Waals surface area contributed by atoms with Gasteiger partial charge in [-0.3, -0.25) is 43.9 Å². The van der Waals surface area contributed by atoms with Gasteiger partial charge in [-0.05, 0) is 150 Å². The number of rotatable bonds is 14. The Morgan fingerprint density at radius 3 is 1.25 bits per heavy atom. The second-order valence-electron chi connectivity index (χ2n) is 30.7. The van der Waals surface area contributed by atoms with Crippen LogP contribution >= 0.6 is 0 Å². The first kappa shape index (κ1) is 82.8. The normalized spacial score (nSPS) is 12.9. The van der Waals surface area contributed by atoms with E-state index in [4.69, 9.17) is 4.74 Å². The van der Waals surface area contributed by atoms with Gasteiger partial charge in [0.05, 0.1) is 94.4 Å². The smallest absolute Gasteiger partial charge is 0.344 e. The van der Waals surface area contributed by atoms with E-state index < -0.39 is 0 Å². The highest BCUT2D eigenvalue weighted by Gasteiger charge is 2.19. The molecule has 15 aromatic rings. The minimum Gasteiger partial charge on any atom is -0.378 e. The molecule has 596 valence electrons. The molecule has 2 aromatic carbocycles. The van der Waals surface area contributed by atoms with Crippen LogP contribution in [0.15, 0.2) is 207 Å². The average Bonchev–Trinajstić information content (AvgIpc) is 1.65. The van der Waals surface area contributed by atoms with E-state index in [1.807, 2.05) is 122 Å². The fraction of sp³-hybridized carbons (Fsp3) is 0.333. The van der Waals surface area contributed by atoms with Crippen LogP contribution in [0.3, 0.4) is 0 Å². The van der Waals surface area contributed by atoms with Crippen molar-refractivity contribution in [1.29, 1.82) is 0 Å². The Morgan fingerprint density at radius 2 is 0.776 bits per heavy atom. The molecular formula is C90H104N24O2. The van der Waals surface area contributed by atoms with E-state index in [-0.39, 0.29) is 5.69 Å². The van der Waals surface area contributed by atoms with E-state index in [1.54, 1.807) is 24.9 Å². The highest BCUT2D eigenvalue weighted by atomic mass is 16.5. The van der Waals surface area contributed by atoms with E-state index in [1.165, 1.54) is 28.5 Å². The van der Waals surface area contributed by atoms with Gasteiger partial charge in [-0.15, -0.1) is 0 Å².